The first-order valence-electron chi connectivity index (χ1n) is 10.2. The van der Waals surface area contributed by atoms with Gasteiger partial charge < -0.3 is 14.5 Å². The van der Waals surface area contributed by atoms with Crippen molar-refractivity contribution < 1.29 is 9.53 Å². The monoisotopic (exact) mass is 402 g/mol. The Morgan fingerprint density at radius 2 is 2.00 bits per heavy atom. The van der Waals surface area contributed by atoms with Gasteiger partial charge in [0.1, 0.15) is 11.6 Å². The van der Waals surface area contributed by atoms with E-state index in [9.17, 15) is 4.79 Å². The quantitative estimate of drug-likeness (QED) is 0.598. The zero-order valence-electron chi connectivity index (χ0n) is 16.9. The van der Waals surface area contributed by atoms with Crippen molar-refractivity contribution in [3.63, 3.8) is 0 Å². The highest BCUT2D eigenvalue weighted by atomic mass is 32.1. The molecule has 0 unspecified atom stereocenters. The Bertz CT molecular complexity index is 756. The highest BCUT2D eigenvalue weighted by molar-refractivity contribution is 7.09. The van der Waals surface area contributed by atoms with Crippen LogP contribution in [0.15, 0.2) is 24.3 Å². The predicted octanol–water partition coefficient (Wildman–Crippen LogP) is 3.76. The predicted molar refractivity (Wildman–Crippen MR) is 113 cm³/mol. The maximum absolute atomic E-state index is 12.3. The number of hydrogen-bond donors (Lipinski definition) is 0. The van der Waals surface area contributed by atoms with E-state index in [1.807, 2.05) is 23.1 Å². The fourth-order valence-electron chi connectivity index (χ4n) is 3.42. The molecule has 1 aromatic heterocycles. The fourth-order valence-corrected chi connectivity index (χ4v) is 4.15. The summed E-state index contributed by atoms with van der Waals surface area (Å²) in [6.07, 6.45) is 5.97. The molecule has 1 saturated heterocycles. The van der Waals surface area contributed by atoms with Crippen LogP contribution in [-0.4, -0.2) is 53.5 Å². The second kappa shape index (κ2) is 10.4. The average Bonchev–Trinajstić information content (AvgIpc) is 3.19. The number of benzene rings is 1. The Morgan fingerprint density at radius 3 is 2.75 bits per heavy atom. The molecular formula is C21H30N4O2S. The van der Waals surface area contributed by atoms with E-state index < -0.39 is 0 Å². The second-order valence-electron chi connectivity index (χ2n) is 7.20. The van der Waals surface area contributed by atoms with E-state index in [0.717, 1.165) is 61.3 Å². The SMILES string of the molecule is CCCCCCC(=O)N1CCN(c2nc(Cc3cccc(OC)c3)ns2)CC1. The maximum Gasteiger partial charge on any atom is 0.222 e. The first kappa shape index (κ1) is 20.6. The summed E-state index contributed by atoms with van der Waals surface area (Å²) in [4.78, 5) is 21.3. The molecule has 28 heavy (non-hydrogen) atoms. The summed E-state index contributed by atoms with van der Waals surface area (Å²) in [5.41, 5.74) is 1.14. The molecule has 1 aliphatic heterocycles. The highest BCUT2D eigenvalue weighted by Crippen LogP contribution is 2.22. The Labute approximate surface area is 171 Å². The lowest BCUT2D eigenvalue weighted by Gasteiger charge is -2.34. The van der Waals surface area contributed by atoms with Crippen LogP contribution in [0.4, 0.5) is 5.13 Å². The molecule has 0 N–H and O–H groups in total. The van der Waals surface area contributed by atoms with Gasteiger partial charge in [0.05, 0.1) is 7.11 Å². The Morgan fingerprint density at radius 1 is 1.18 bits per heavy atom. The molecule has 1 aromatic carbocycles. The van der Waals surface area contributed by atoms with Crippen LogP contribution in [0.5, 0.6) is 5.75 Å². The zero-order valence-corrected chi connectivity index (χ0v) is 17.7. The van der Waals surface area contributed by atoms with Gasteiger partial charge in [0.15, 0.2) is 0 Å². The number of unbranched alkanes of at least 4 members (excludes halogenated alkanes) is 3. The van der Waals surface area contributed by atoms with Crippen LogP contribution in [0.25, 0.3) is 0 Å². The first-order chi connectivity index (χ1) is 13.7. The molecular weight excluding hydrogens is 372 g/mol. The summed E-state index contributed by atoms with van der Waals surface area (Å²) in [6.45, 7) is 5.40. The van der Waals surface area contributed by atoms with E-state index in [1.54, 1.807) is 7.11 Å². The Balaban J connectivity index is 1.48. The minimum absolute atomic E-state index is 0.298. The topological polar surface area (TPSA) is 58.6 Å². The molecule has 2 heterocycles. The highest BCUT2D eigenvalue weighted by Gasteiger charge is 2.23. The largest absolute Gasteiger partial charge is 0.497 e. The van der Waals surface area contributed by atoms with Gasteiger partial charge in [0, 0.05) is 50.6 Å². The molecule has 0 bridgehead atoms. The summed E-state index contributed by atoms with van der Waals surface area (Å²) in [5, 5.41) is 0.952. The fraction of sp³-hybridized carbons (Fsp3) is 0.571. The lowest BCUT2D eigenvalue weighted by Crippen LogP contribution is -2.48. The van der Waals surface area contributed by atoms with E-state index in [0.29, 0.717) is 18.7 Å². The molecule has 0 saturated carbocycles. The molecule has 7 heteroatoms. The summed E-state index contributed by atoms with van der Waals surface area (Å²) in [6, 6.07) is 8.01. The Hall–Kier alpha value is -2.15. The molecule has 0 aliphatic carbocycles. The molecule has 2 aromatic rings. The Kier molecular flexibility index (Phi) is 7.65. The molecule has 3 rings (SSSR count). The normalized spacial score (nSPS) is 14.4. The van der Waals surface area contributed by atoms with Crippen molar-refractivity contribution in [1.82, 2.24) is 14.3 Å². The van der Waals surface area contributed by atoms with Crippen LogP contribution in [0, 0.1) is 0 Å². The molecule has 152 valence electrons. The van der Waals surface area contributed by atoms with Crippen LogP contribution in [0.2, 0.25) is 0 Å². The summed E-state index contributed by atoms with van der Waals surface area (Å²) in [7, 11) is 1.67. The van der Waals surface area contributed by atoms with Crippen molar-refractivity contribution in [3.05, 3.63) is 35.7 Å². The van der Waals surface area contributed by atoms with Crippen LogP contribution < -0.4 is 9.64 Å². The van der Waals surface area contributed by atoms with Crippen LogP contribution in [0.3, 0.4) is 0 Å². The number of carbonyl (C=O) groups is 1. The standard InChI is InChI=1S/C21H30N4O2S/c1-3-4-5-6-10-20(26)24-11-13-25(14-12-24)21-22-19(23-28-21)16-17-8-7-9-18(15-17)27-2/h7-9,15H,3-6,10-14,16H2,1-2H3. The average molecular weight is 403 g/mol. The summed E-state index contributed by atoms with van der Waals surface area (Å²) < 4.78 is 9.80. The van der Waals surface area contributed by atoms with Gasteiger partial charge in [-0.05, 0) is 24.1 Å². The zero-order chi connectivity index (χ0) is 19.8. The number of carbonyl (C=O) groups excluding carboxylic acids is 1. The summed E-state index contributed by atoms with van der Waals surface area (Å²) in [5.74, 6) is 1.98. The second-order valence-corrected chi connectivity index (χ2v) is 7.93. The maximum atomic E-state index is 12.3. The van der Waals surface area contributed by atoms with Gasteiger partial charge in [0.25, 0.3) is 0 Å². The first-order valence-corrected chi connectivity index (χ1v) is 10.9. The van der Waals surface area contributed by atoms with E-state index in [4.69, 9.17) is 9.72 Å². The van der Waals surface area contributed by atoms with Gasteiger partial charge in [-0.3, -0.25) is 4.79 Å². The number of methoxy groups -OCH3 is 1. The number of hydrogen-bond acceptors (Lipinski definition) is 6. The third kappa shape index (κ3) is 5.67. The number of aromatic nitrogens is 2. The van der Waals surface area contributed by atoms with E-state index in [1.165, 1.54) is 24.4 Å². The van der Waals surface area contributed by atoms with Gasteiger partial charge in [-0.25, -0.2) is 4.98 Å². The molecule has 0 radical (unpaired) electrons. The van der Waals surface area contributed by atoms with Gasteiger partial charge in [-0.15, -0.1) is 0 Å². The van der Waals surface area contributed by atoms with Crippen LogP contribution in [-0.2, 0) is 11.2 Å². The molecule has 0 spiro atoms. The van der Waals surface area contributed by atoms with E-state index >= 15 is 0 Å². The molecule has 1 aliphatic rings. The van der Waals surface area contributed by atoms with Gasteiger partial charge in [-0.2, -0.15) is 4.37 Å². The number of piperazine rings is 1. The lowest BCUT2D eigenvalue weighted by atomic mass is 10.1. The third-order valence-corrected chi connectivity index (χ3v) is 5.92. The number of amides is 1. The van der Waals surface area contributed by atoms with Crippen molar-refractivity contribution in [2.75, 3.05) is 38.2 Å². The smallest absolute Gasteiger partial charge is 0.222 e. The van der Waals surface area contributed by atoms with Crippen LogP contribution in [0.1, 0.15) is 50.4 Å². The van der Waals surface area contributed by atoms with Crippen molar-refractivity contribution in [3.8, 4) is 5.75 Å². The van der Waals surface area contributed by atoms with Gasteiger partial charge in [0.2, 0.25) is 11.0 Å². The van der Waals surface area contributed by atoms with E-state index in [2.05, 4.69) is 22.3 Å². The van der Waals surface area contributed by atoms with Crippen molar-refractivity contribution in [2.45, 2.75) is 45.4 Å². The molecule has 1 amide bonds. The van der Waals surface area contributed by atoms with Crippen molar-refractivity contribution in [1.29, 1.82) is 0 Å². The van der Waals surface area contributed by atoms with Crippen molar-refractivity contribution >= 4 is 22.6 Å². The number of nitrogens with zero attached hydrogens (tertiary/aromatic N) is 4. The van der Waals surface area contributed by atoms with Crippen LogP contribution >= 0.6 is 11.5 Å². The minimum atomic E-state index is 0.298. The number of anilines is 1. The number of ether oxygens (including phenoxy) is 1. The molecule has 1 fully saturated rings. The van der Waals surface area contributed by atoms with E-state index in [-0.39, 0.29) is 0 Å². The summed E-state index contributed by atoms with van der Waals surface area (Å²) >= 11 is 1.44. The number of rotatable bonds is 9. The lowest BCUT2D eigenvalue weighted by molar-refractivity contribution is -0.131. The van der Waals surface area contributed by atoms with Crippen molar-refractivity contribution in [2.24, 2.45) is 0 Å². The van der Waals surface area contributed by atoms with Gasteiger partial charge in [-0.1, -0.05) is 38.3 Å². The molecule has 6 nitrogen and oxygen atoms in total. The minimum Gasteiger partial charge on any atom is -0.497 e. The third-order valence-electron chi connectivity index (χ3n) is 5.10. The van der Waals surface area contributed by atoms with Gasteiger partial charge >= 0.3 is 0 Å². The molecule has 0 atom stereocenters.